The molecule has 1 saturated carbocycles. The van der Waals surface area contributed by atoms with Crippen LogP contribution in [-0.2, 0) is 9.59 Å². The number of ether oxygens (including phenoxy) is 3. The van der Waals surface area contributed by atoms with E-state index in [4.69, 9.17) is 19.5 Å². The maximum absolute atomic E-state index is 12.9. The number of carbonyl (C=O) groups excluding carboxylic acids is 2. The summed E-state index contributed by atoms with van der Waals surface area (Å²) in [4.78, 5) is 25.6. The second-order valence-electron chi connectivity index (χ2n) is 6.59. The van der Waals surface area contributed by atoms with Gasteiger partial charge in [-0.2, -0.15) is 5.26 Å². The second kappa shape index (κ2) is 8.10. The van der Waals surface area contributed by atoms with Crippen molar-refractivity contribution in [3.63, 3.8) is 0 Å². The van der Waals surface area contributed by atoms with Crippen LogP contribution in [0.4, 0.5) is 11.4 Å². The lowest BCUT2D eigenvalue weighted by molar-refractivity contribution is -0.131. The summed E-state index contributed by atoms with van der Waals surface area (Å²) in [6, 6.07) is 11.7. The number of nitriles is 1. The first-order valence-electron chi connectivity index (χ1n) is 8.90. The van der Waals surface area contributed by atoms with E-state index in [1.165, 1.54) is 21.3 Å². The highest BCUT2D eigenvalue weighted by Crippen LogP contribution is 2.48. The Hall–Kier alpha value is -3.73. The lowest BCUT2D eigenvalue weighted by Gasteiger charge is -2.18. The van der Waals surface area contributed by atoms with Crippen molar-refractivity contribution in [3.05, 3.63) is 42.0 Å². The lowest BCUT2D eigenvalue weighted by Crippen LogP contribution is -2.35. The quantitative estimate of drug-likeness (QED) is 0.698. The molecule has 8 heteroatoms. The number of carbonyl (C=O) groups is 2. The summed E-state index contributed by atoms with van der Waals surface area (Å²) in [6.07, 6.45) is 0.900. The number of rotatable bonds is 7. The molecule has 2 amide bonds. The number of nitrogens with one attached hydrogen (secondary N) is 2. The van der Waals surface area contributed by atoms with Gasteiger partial charge in [-0.1, -0.05) is 0 Å². The van der Waals surface area contributed by atoms with E-state index in [-0.39, 0.29) is 5.91 Å². The van der Waals surface area contributed by atoms with Crippen LogP contribution in [-0.4, -0.2) is 33.1 Å². The Bertz CT molecular complexity index is 950. The fraction of sp³-hybridized carbons (Fsp3) is 0.286. The topological polar surface area (TPSA) is 110 Å². The summed E-state index contributed by atoms with van der Waals surface area (Å²) in [7, 11) is 4.46. The monoisotopic (exact) mass is 395 g/mol. The smallest absolute Gasteiger partial charge is 0.240 e. The largest absolute Gasteiger partial charge is 0.493 e. The molecule has 8 nitrogen and oxygen atoms in total. The molecule has 0 unspecified atom stereocenters. The van der Waals surface area contributed by atoms with Crippen LogP contribution in [0.15, 0.2) is 36.4 Å². The van der Waals surface area contributed by atoms with Crippen molar-refractivity contribution in [2.75, 3.05) is 32.0 Å². The minimum atomic E-state index is -1.13. The van der Waals surface area contributed by atoms with Gasteiger partial charge in [-0.25, -0.2) is 0 Å². The second-order valence-corrected chi connectivity index (χ2v) is 6.59. The molecular weight excluding hydrogens is 374 g/mol. The van der Waals surface area contributed by atoms with Crippen LogP contribution in [0.2, 0.25) is 0 Å². The van der Waals surface area contributed by atoms with Crippen LogP contribution in [0.5, 0.6) is 17.2 Å². The average molecular weight is 395 g/mol. The van der Waals surface area contributed by atoms with Crippen molar-refractivity contribution in [3.8, 4) is 23.3 Å². The Kier molecular flexibility index (Phi) is 5.59. The summed E-state index contributed by atoms with van der Waals surface area (Å²) in [5, 5.41) is 14.4. The number of nitrogens with zero attached hydrogens (tertiary/aromatic N) is 1. The average Bonchev–Trinajstić information content (AvgIpc) is 3.55. The van der Waals surface area contributed by atoms with E-state index in [0.29, 0.717) is 47.0 Å². The van der Waals surface area contributed by atoms with Crippen molar-refractivity contribution >= 4 is 23.2 Å². The van der Waals surface area contributed by atoms with Gasteiger partial charge in [0.2, 0.25) is 17.6 Å². The lowest BCUT2D eigenvalue weighted by atomic mass is 10.0. The molecule has 0 aliphatic heterocycles. The third-order valence-corrected chi connectivity index (χ3v) is 4.81. The molecule has 0 spiro atoms. The number of methoxy groups -OCH3 is 3. The van der Waals surface area contributed by atoms with Crippen molar-refractivity contribution in [1.29, 1.82) is 5.26 Å². The molecule has 2 aromatic carbocycles. The van der Waals surface area contributed by atoms with Gasteiger partial charge in [-0.05, 0) is 37.1 Å². The molecule has 2 N–H and O–H groups in total. The number of anilines is 2. The van der Waals surface area contributed by atoms with Gasteiger partial charge in [0.15, 0.2) is 11.5 Å². The van der Waals surface area contributed by atoms with Crippen LogP contribution in [0.25, 0.3) is 0 Å². The third kappa shape index (κ3) is 3.94. The molecule has 29 heavy (non-hydrogen) atoms. The zero-order chi connectivity index (χ0) is 21.0. The summed E-state index contributed by atoms with van der Waals surface area (Å²) in [5.74, 6) is 0.417. The molecule has 1 aliphatic carbocycles. The summed E-state index contributed by atoms with van der Waals surface area (Å²) < 4.78 is 15.9. The zero-order valence-electron chi connectivity index (χ0n) is 16.4. The predicted molar refractivity (Wildman–Crippen MR) is 106 cm³/mol. The molecular formula is C21H21N3O5. The first kappa shape index (κ1) is 20.0. The van der Waals surface area contributed by atoms with E-state index in [1.807, 2.05) is 6.07 Å². The SMILES string of the molecule is COc1cc(NC(=O)C2(C(=O)Nc3ccc(C#N)cc3)CC2)cc(OC)c1OC. The first-order valence-corrected chi connectivity index (χ1v) is 8.90. The number of hydrogen-bond acceptors (Lipinski definition) is 6. The van der Waals surface area contributed by atoms with Crippen LogP contribution < -0.4 is 24.8 Å². The minimum Gasteiger partial charge on any atom is -0.493 e. The highest BCUT2D eigenvalue weighted by Gasteiger charge is 2.56. The molecule has 0 heterocycles. The van der Waals surface area contributed by atoms with E-state index in [9.17, 15) is 9.59 Å². The van der Waals surface area contributed by atoms with Gasteiger partial charge in [-0.3, -0.25) is 9.59 Å². The maximum Gasteiger partial charge on any atom is 0.240 e. The maximum atomic E-state index is 12.9. The van der Waals surface area contributed by atoms with E-state index in [2.05, 4.69) is 10.6 Å². The highest BCUT2D eigenvalue weighted by molar-refractivity contribution is 6.17. The molecule has 0 atom stereocenters. The van der Waals surface area contributed by atoms with Crippen molar-refractivity contribution in [1.82, 2.24) is 0 Å². The van der Waals surface area contributed by atoms with Gasteiger partial charge in [-0.15, -0.1) is 0 Å². The van der Waals surface area contributed by atoms with Gasteiger partial charge < -0.3 is 24.8 Å². The van der Waals surface area contributed by atoms with Gasteiger partial charge in [0.25, 0.3) is 0 Å². The molecule has 1 fully saturated rings. The number of benzene rings is 2. The number of hydrogen-bond donors (Lipinski definition) is 2. The summed E-state index contributed by atoms with van der Waals surface area (Å²) >= 11 is 0. The third-order valence-electron chi connectivity index (χ3n) is 4.81. The molecule has 1 aliphatic rings. The van der Waals surface area contributed by atoms with E-state index in [0.717, 1.165) is 0 Å². The zero-order valence-corrected chi connectivity index (χ0v) is 16.4. The van der Waals surface area contributed by atoms with Gasteiger partial charge in [0.1, 0.15) is 5.41 Å². The Morgan fingerprint density at radius 1 is 0.897 bits per heavy atom. The van der Waals surface area contributed by atoms with Crippen LogP contribution in [0.3, 0.4) is 0 Å². The highest BCUT2D eigenvalue weighted by atomic mass is 16.5. The Balaban J connectivity index is 1.76. The van der Waals surface area contributed by atoms with Crippen molar-refractivity contribution in [2.45, 2.75) is 12.8 Å². The van der Waals surface area contributed by atoms with Crippen LogP contribution in [0, 0.1) is 16.7 Å². The Morgan fingerprint density at radius 3 is 1.83 bits per heavy atom. The Morgan fingerprint density at radius 2 is 1.41 bits per heavy atom. The predicted octanol–water partition coefficient (Wildman–Crippen LogP) is 2.94. The standard InChI is InChI=1S/C21H21N3O5/c1-27-16-10-15(11-17(28-2)18(16)29-3)24-20(26)21(8-9-21)19(25)23-14-6-4-13(12-22)5-7-14/h4-7,10-11H,8-9H2,1-3H3,(H,23,25)(H,24,26). The summed E-state index contributed by atoms with van der Waals surface area (Å²) in [6.45, 7) is 0. The molecule has 2 aromatic rings. The fourth-order valence-corrected chi connectivity index (χ4v) is 2.97. The summed E-state index contributed by atoms with van der Waals surface area (Å²) in [5.41, 5.74) is 0.320. The van der Waals surface area contributed by atoms with E-state index in [1.54, 1.807) is 36.4 Å². The molecule has 0 aromatic heterocycles. The van der Waals surface area contributed by atoms with Crippen molar-refractivity contribution in [2.24, 2.45) is 5.41 Å². The molecule has 3 rings (SSSR count). The van der Waals surface area contributed by atoms with E-state index >= 15 is 0 Å². The normalized spacial score (nSPS) is 13.6. The van der Waals surface area contributed by atoms with Crippen molar-refractivity contribution < 1.29 is 23.8 Å². The minimum absolute atomic E-state index is 0.382. The van der Waals surface area contributed by atoms with E-state index < -0.39 is 11.3 Å². The van der Waals surface area contributed by atoms with Gasteiger partial charge in [0, 0.05) is 23.5 Å². The van der Waals surface area contributed by atoms with Crippen LogP contribution in [0.1, 0.15) is 18.4 Å². The fourth-order valence-electron chi connectivity index (χ4n) is 2.97. The molecule has 0 bridgehead atoms. The Labute approximate surface area is 168 Å². The van der Waals surface area contributed by atoms with Gasteiger partial charge >= 0.3 is 0 Å². The van der Waals surface area contributed by atoms with Crippen LogP contribution >= 0.6 is 0 Å². The first-order chi connectivity index (χ1) is 14.0. The molecule has 0 radical (unpaired) electrons. The molecule has 150 valence electrons. The molecule has 0 saturated heterocycles. The number of amides is 2. The van der Waals surface area contributed by atoms with Gasteiger partial charge in [0.05, 0.1) is 33.0 Å².